The largest absolute Gasteiger partial charge is 0.381 e. The van der Waals surface area contributed by atoms with Gasteiger partial charge in [0.2, 0.25) is 5.91 Å². The van der Waals surface area contributed by atoms with Gasteiger partial charge in [0.05, 0.1) is 11.4 Å². The fraction of sp³-hybridized carbons (Fsp3) is 0.800. The topological polar surface area (TPSA) is 79.9 Å². The summed E-state index contributed by atoms with van der Waals surface area (Å²) in [7, 11) is 0. The number of aryl methyl sites for hydroxylation is 1. The van der Waals surface area contributed by atoms with Crippen molar-refractivity contribution >= 4 is 5.91 Å². The van der Waals surface area contributed by atoms with Gasteiger partial charge in [0, 0.05) is 31.6 Å². The lowest BCUT2D eigenvalue weighted by molar-refractivity contribution is -0.126. The second kappa shape index (κ2) is 6.56. The van der Waals surface area contributed by atoms with Crippen LogP contribution in [0, 0.1) is 11.8 Å². The Balaban J connectivity index is 1.57. The number of aromatic amines is 1. The summed E-state index contributed by atoms with van der Waals surface area (Å²) in [6.07, 6.45) is 5.52. The lowest BCUT2D eigenvalue weighted by Gasteiger charge is -2.32. The average Bonchev–Trinajstić information content (AvgIpc) is 3.00. The van der Waals surface area contributed by atoms with Crippen LogP contribution in [0.2, 0.25) is 0 Å². The number of nitrogens with one attached hydrogen (secondary N) is 2. The zero-order chi connectivity index (χ0) is 14.7. The number of rotatable bonds is 4. The molecule has 0 unspecified atom stereocenters. The Hall–Kier alpha value is -1.43. The highest BCUT2D eigenvalue weighted by Gasteiger charge is 2.30. The van der Waals surface area contributed by atoms with Gasteiger partial charge in [-0.2, -0.15) is 15.4 Å². The third kappa shape index (κ3) is 3.26. The molecule has 2 N–H and O–H groups in total. The molecule has 0 spiro atoms. The van der Waals surface area contributed by atoms with E-state index in [1.165, 1.54) is 0 Å². The van der Waals surface area contributed by atoms with Crippen LogP contribution in [0.5, 0.6) is 0 Å². The fourth-order valence-corrected chi connectivity index (χ4v) is 3.48. The summed E-state index contributed by atoms with van der Waals surface area (Å²) in [6, 6.07) is 0.278. The maximum absolute atomic E-state index is 12.5. The molecule has 116 valence electrons. The Labute approximate surface area is 125 Å². The van der Waals surface area contributed by atoms with Gasteiger partial charge in [-0.1, -0.05) is 6.92 Å². The van der Waals surface area contributed by atoms with Crippen LogP contribution in [0.3, 0.4) is 0 Å². The zero-order valence-electron chi connectivity index (χ0n) is 12.6. The molecule has 6 nitrogen and oxygen atoms in total. The van der Waals surface area contributed by atoms with E-state index >= 15 is 0 Å². The molecular weight excluding hydrogens is 268 g/mol. The molecule has 1 amide bonds. The van der Waals surface area contributed by atoms with Crippen molar-refractivity contribution in [3.8, 4) is 0 Å². The molecule has 6 heteroatoms. The van der Waals surface area contributed by atoms with Crippen LogP contribution in [-0.4, -0.2) is 40.6 Å². The number of nitrogens with zero attached hydrogens (tertiary/aromatic N) is 2. The third-order valence-electron chi connectivity index (χ3n) is 4.85. The van der Waals surface area contributed by atoms with Crippen LogP contribution in [0.15, 0.2) is 0 Å². The number of hydrogen-bond donors (Lipinski definition) is 2. The summed E-state index contributed by atoms with van der Waals surface area (Å²) in [6.45, 7) is 3.79. The van der Waals surface area contributed by atoms with E-state index in [9.17, 15) is 4.79 Å². The minimum atomic E-state index is 0.0384. The first-order valence-electron chi connectivity index (χ1n) is 8.04. The smallest absolute Gasteiger partial charge is 0.223 e. The van der Waals surface area contributed by atoms with E-state index in [1.54, 1.807) is 0 Å². The number of aromatic nitrogens is 3. The van der Waals surface area contributed by atoms with Gasteiger partial charge in [0.25, 0.3) is 0 Å². The SMILES string of the molecule is CC[C@@H](NC(=O)[C@H]1CCc2n[nH]nc2C1)C1CCOCC1. The Kier molecular flexibility index (Phi) is 4.53. The number of ether oxygens (including phenoxy) is 1. The highest BCUT2D eigenvalue weighted by molar-refractivity contribution is 5.79. The minimum Gasteiger partial charge on any atom is -0.381 e. The van der Waals surface area contributed by atoms with Gasteiger partial charge in [-0.15, -0.1) is 0 Å². The van der Waals surface area contributed by atoms with Crippen molar-refractivity contribution in [3.63, 3.8) is 0 Å². The molecule has 1 aliphatic heterocycles. The number of amides is 1. The number of H-pyrrole nitrogens is 1. The van der Waals surface area contributed by atoms with E-state index in [4.69, 9.17) is 4.74 Å². The van der Waals surface area contributed by atoms with E-state index in [2.05, 4.69) is 27.7 Å². The molecule has 2 aliphatic rings. The summed E-state index contributed by atoms with van der Waals surface area (Å²) in [5.74, 6) is 0.775. The predicted molar refractivity (Wildman–Crippen MR) is 77.7 cm³/mol. The Morgan fingerprint density at radius 3 is 2.86 bits per heavy atom. The summed E-state index contributed by atoms with van der Waals surface area (Å²) in [4.78, 5) is 12.5. The quantitative estimate of drug-likeness (QED) is 0.875. The van der Waals surface area contributed by atoms with Crippen molar-refractivity contribution in [1.82, 2.24) is 20.7 Å². The van der Waals surface area contributed by atoms with Gasteiger partial charge >= 0.3 is 0 Å². The first-order chi connectivity index (χ1) is 10.3. The van der Waals surface area contributed by atoms with Gasteiger partial charge in [0.15, 0.2) is 0 Å². The first kappa shape index (κ1) is 14.5. The Morgan fingerprint density at radius 1 is 1.33 bits per heavy atom. The minimum absolute atomic E-state index is 0.0384. The first-order valence-corrected chi connectivity index (χ1v) is 8.04. The standard InChI is InChI=1S/C15H24N4O2/c1-2-12(10-5-7-21-8-6-10)16-15(20)11-3-4-13-14(9-11)18-19-17-13/h10-12H,2-9H2,1H3,(H,16,20)(H,17,18,19)/t11-,12+/m0/s1. The number of fused-ring (bicyclic) bond motifs is 1. The molecule has 2 heterocycles. The summed E-state index contributed by atoms with van der Waals surface area (Å²) >= 11 is 0. The molecule has 1 aromatic rings. The van der Waals surface area contributed by atoms with Crippen molar-refractivity contribution in [1.29, 1.82) is 0 Å². The van der Waals surface area contributed by atoms with Gasteiger partial charge in [-0.25, -0.2) is 0 Å². The molecule has 3 rings (SSSR count). The van der Waals surface area contributed by atoms with Crippen molar-refractivity contribution in [3.05, 3.63) is 11.4 Å². The highest BCUT2D eigenvalue weighted by Crippen LogP contribution is 2.25. The maximum atomic E-state index is 12.5. The van der Waals surface area contributed by atoms with Crippen LogP contribution in [0.4, 0.5) is 0 Å². The monoisotopic (exact) mass is 292 g/mol. The highest BCUT2D eigenvalue weighted by atomic mass is 16.5. The molecule has 0 bridgehead atoms. The maximum Gasteiger partial charge on any atom is 0.223 e. The summed E-state index contributed by atoms with van der Waals surface area (Å²) in [5, 5.41) is 14.2. The molecule has 21 heavy (non-hydrogen) atoms. The van der Waals surface area contributed by atoms with E-state index in [-0.39, 0.29) is 17.9 Å². The molecule has 0 saturated carbocycles. The summed E-state index contributed by atoms with van der Waals surface area (Å²) in [5.41, 5.74) is 1.98. The molecule has 1 saturated heterocycles. The number of hydrogen-bond acceptors (Lipinski definition) is 4. The van der Waals surface area contributed by atoms with E-state index in [0.717, 1.165) is 56.7 Å². The van der Waals surface area contributed by atoms with Crippen molar-refractivity contribution in [2.45, 2.75) is 51.5 Å². The molecule has 0 aromatic carbocycles. The van der Waals surface area contributed by atoms with Gasteiger partial charge < -0.3 is 10.1 Å². The van der Waals surface area contributed by atoms with Gasteiger partial charge in [-0.05, 0) is 38.0 Å². The molecular formula is C15H24N4O2. The fourth-order valence-electron chi connectivity index (χ4n) is 3.48. The molecule has 1 aliphatic carbocycles. The van der Waals surface area contributed by atoms with Crippen molar-refractivity contribution in [2.75, 3.05) is 13.2 Å². The summed E-state index contributed by atoms with van der Waals surface area (Å²) < 4.78 is 5.41. The second-order valence-electron chi connectivity index (χ2n) is 6.13. The molecule has 1 fully saturated rings. The van der Waals surface area contributed by atoms with Crippen LogP contribution in [0.1, 0.15) is 44.0 Å². The van der Waals surface area contributed by atoms with Crippen LogP contribution in [-0.2, 0) is 22.4 Å². The predicted octanol–water partition coefficient (Wildman–Crippen LogP) is 1.23. The lowest BCUT2D eigenvalue weighted by Crippen LogP contribution is -2.45. The Bertz CT molecular complexity index is 482. The van der Waals surface area contributed by atoms with Crippen molar-refractivity contribution in [2.24, 2.45) is 11.8 Å². The number of carbonyl (C=O) groups excluding carboxylic acids is 1. The average molecular weight is 292 g/mol. The Morgan fingerprint density at radius 2 is 2.10 bits per heavy atom. The van der Waals surface area contributed by atoms with Gasteiger partial charge in [0.1, 0.15) is 0 Å². The molecule has 2 atom stereocenters. The normalized spacial score (nSPS) is 24.3. The van der Waals surface area contributed by atoms with Crippen LogP contribution < -0.4 is 5.32 Å². The lowest BCUT2D eigenvalue weighted by atomic mass is 9.86. The molecule has 0 radical (unpaired) electrons. The van der Waals surface area contributed by atoms with E-state index in [0.29, 0.717) is 12.3 Å². The van der Waals surface area contributed by atoms with E-state index in [1.807, 2.05) is 0 Å². The number of carbonyl (C=O) groups is 1. The zero-order valence-corrected chi connectivity index (χ0v) is 12.6. The van der Waals surface area contributed by atoms with Gasteiger partial charge in [-0.3, -0.25) is 4.79 Å². The van der Waals surface area contributed by atoms with Crippen LogP contribution in [0.25, 0.3) is 0 Å². The van der Waals surface area contributed by atoms with Crippen molar-refractivity contribution < 1.29 is 9.53 Å². The second-order valence-corrected chi connectivity index (χ2v) is 6.13. The van der Waals surface area contributed by atoms with Crippen LogP contribution >= 0.6 is 0 Å². The third-order valence-corrected chi connectivity index (χ3v) is 4.85. The van der Waals surface area contributed by atoms with E-state index < -0.39 is 0 Å². The molecule has 1 aromatic heterocycles.